The van der Waals surface area contributed by atoms with Crippen molar-refractivity contribution in [3.63, 3.8) is 0 Å². The van der Waals surface area contributed by atoms with E-state index in [0.717, 1.165) is 27.8 Å². The second-order valence-corrected chi connectivity index (χ2v) is 8.75. The van der Waals surface area contributed by atoms with Crippen LogP contribution in [0.5, 0.6) is 11.5 Å². The first-order chi connectivity index (χ1) is 15.2. The average molecular weight is 496 g/mol. The standard InChI is InChI=1S/C22H19Cl2NO6S/c1-12-3-4-13(2)17(7-12)30-6-5-25-21(28)18(32-22(25)29)10-14-8-15(23)20(16(24)9-14)31-11-19(26)27/h3-4,7-10H,5-6,11H2,1-2H3,(H,26,27)/b18-10-. The van der Waals surface area contributed by atoms with Crippen molar-refractivity contribution in [3.05, 3.63) is 62.0 Å². The van der Waals surface area contributed by atoms with Gasteiger partial charge < -0.3 is 14.6 Å². The third kappa shape index (κ3) is 5.76. The maximum atomic E-state index is 12.7. The average Bonchev–Trinajstić information content (AvgIpc) is 2.97. The zero-order chi connectivity index (χ0) is 23.4. The van der Waals surface area contributed by atoms with Gasteiger partial charge in [-0.25, -0.2) is 4.79 Å². The summed E-state index contributed by atoms with van der Waals surface area (Å²) in [5, 5.41) is 8.50. The van der Waals surface area contributed by atoms with Crippen LogP contribution in [0, 0.1) is 13.8 Å². The molecule has 0 atom stereocenters. The number of aryl methyl sites for hydroxylation is 2. The minimum atomic E-state index is -1.17. The molecule has 1 saturated heterocycles. The molecule has 2 aromatic rings. The van der Waals surface area contributed by atoms with Gasteiger partial charge in [-0.15, -0.1) is 0 Å². The number of ether oxygens (including phenoxy) is 2. The maximum absolute atomic E-state index is 12.7. The highest BCUT2D eigenvalue weighted by atomic mass is 35.5. The summed E-state index contributed by atoms with van der Waals surface area (Å²) < 4.78 is 10.8. The molecule has 0 spiro atoms. The molecule has 3 rings (SSSR count). The molecule has 168 valence electrons. The number of carbonyl (C=O) groups is 3. The number of imide groups is 1. The highest BCUT2D eigenvalue weighted by Gasteiger charge is 2.35. The number of carboxylic acid groups (broad SMARTS) is 1. The van der Waals surface area contributed by atoms with E-state index in [-0.39, 0.29) is 33.9 Å². The number of aliphatic carboxylic acids is 1. The molecule has 2 aromatic carbocycles. The van der Waals surface area contributed by atoms with Gasteiger partial charge in [0.2, 0.25) is 0 Å². The van der Waals surface area contributed by atoms with Gasteiger partial charge in [0, 0.05) is 0 Å². The molecule has 0 bridgehead atoms. The van der Waals surface area contributed by atoms with Crippen molar-refractivity contribution < 1.29 is 29.0 Å². The number of nitrogens with zero attached hydrogens (tertiary/aromatic N) is 1. The van der Waals surface area contributed by atoms with Crippen molar-refractivity contribution >= 4 is 58.2 Å². The Morgan fingerprint density at radius 2 is 1.81 bits per heavy atom. The van der Waals surface area contributed by atoms with Crippen molar-refractivity contribution in [1.29, 1.82) is 0 Å². The van der Waals surface area contributed by atoms with E-state index in [2.05, 4.69) is 0 Å². The van der Waals surface area contributed by atoms with Crippen molar-refractivity contribution in [1.82, 2.24) is 4.90 Å². The van der Waals surface area contributed by atoms with Crippen LogP contribution < -0.4 is 9.47 Å². The van der Waals surface area contributed by atoms with Gasteiger partial charge in [0.05, 0.1) is 21.5 Å². The van der Waals surface area contributed by atoms with E-state index in [4.69, 9.17) is 37.8 Å². The molecular formula is C22H19Cl2NO6S. The number of carbonyl (C=O) groups excluding carboxylic acids is 2. The van der Waals surface area contributed by atoms with Crippen molar-refractivity contribution in [2.45, 2.75) is 13.8 Å². The first-order valence-electron chi connectivity index (χ1n) is 9.44. The van der Waals surface area contributed by atoms with Crippen LogP contribution in [0.15, 0.2) is 35.2 Å². The van der Waals surface area contributed by atoms with E-state index in [0.29, 0.717) is 11.3 Å². The molecule has 0 aliphatic carbocycles. The highest BCUT2D eigenvalue weighted by Crippen LogP contribution is 2.37. The second kappa shape index (κ2) is 10.3. The molecule has 32 heavy (non-hydrogen) atoms. The number of benzene rings is 2. The zero-order valence-corrected chi connectivity index (χ0v) is 19.5. The lowest BCUT2D eigenvalue weighted by atomic mass is 10.1. The number of rotatable bonds is 8. The Morgan fingerprint density at radius 1 is 1.12 bits per heavy atom. The lowest BCUT2D eigenvalue weighted by Gasteiger charge is -2.14. The quantitative estimate of drug-likeness (QED) is 0.503. The molecule has 0 aromatic heterocycles. The lowest BCUT2D eigenvalue weighted by molar-refractivity contribution is -0.139. The summed E-state index contributed by atoms with van der Waals surface area (Å²) >= 11 is 13.1. The predicted octanol–water partition coefficient (Wildman–Crippen LogP) is 5.19. The molecular weight excluding hydrogens is 477 g/mol. The first kappa shape index (κ1) is 24.0. The van der Waals surface area contributed by atoms with Crippen LogP contribution in [0.4, 0.5) is 4.79 Å². The predicted molar refractivity (Wildman–Crippen MR) is 124 cm³/mol. The summed E-state index contributed by atoms with van der Waals surface area (Å²) in [6, 6.07) is 8.78. The van der Waals surface area contributed by atoms with Crippen molar-refractivity contribution in [3.8, 4) is 11.5 Å². The summed E-state index contributed by atoms with van der Waals surface area (Å²) in [5.41, 5.74) is 2.49. The third-order valence-corrected chi connectivity index (χ3v) is 5.92. The van der Waals surface area contributed by atoms with Crippen molar-refractivity contribution in [2.75, 3.05) is 19.8 Å². The van der Waals surface area contributed by atoms with Crippen LogP contribution in [0.3, 0.4) is 0 Å². The minimum absolute atomic E-state index is 0.0320. The van der Waals surface area contributed by atoms with E-state index in [9.17, 15) is 14.4 Å². The van der Waals surface area contributed by atoms with Gasteiger partial charge in [-0.05, 0) is 66.6 Å². The summed E-state index contributed by atoms with van der Waals surface area (Å²) in [5.74, 6) is -0.869. The number of thioether (sulfide) groups is 1. The van der Waals surface area contributed by atoms with Crippen LogP contribution in [0.2, 0.25) is 10.0 Å². The van der Waals surface area contributed by atoms with Gasteiger partial charge in [0.1, 0.15) is 12.4 Å². The van der Waals surface area contributed by atoms with Gasteiger partial charge in [-0.2, -0.15) is 0 Å². The lowest BCUT2D eigenvalue weighted by Crippen LogP contribution is -2.32. The molecule has 10 heteroatoms. The fraction of sp³-hybridized carbons (Fsp3) is 0.227. The van der Waals surface area contributed by atoms with E-state index in [1.165, 1.54) is 18.2 Å². The van der Waals surface area contributed by atoms with Crippen LogP contribution in [0.1, 0.15) is 16.7 Å². The molecule has 1 aliphatic heterocycles. The molecule has 0 unspecified atom stereocenters. The molecule has 2 amide bonds. The Kier molecular flexibility index (Phi) is 7.71. The van der Waals surface area contributed by atoms with Gasteiger partial charge >= 0.3 is 5.97 Å². The first-order valence-corrected chi connectivity index (χ1v) is 11.0. The van der Waals surface area contributed by atoms with Gasteiger partial charge in [0.25, 0.3) is 11.1 Å². The number of amides is 2. The second-order valence-electron chi connectivity index (χ2n) is 6.95. The number of hydrogen-bond acceptors (Lipinski definition) is 6. The third-order valence-electron chi connectivity index (χ3n) is 4.45. The van der Waals surface area contributed by atoms with Crippen LogP contribution in [0.25, 0.3) is 6.08 Å². The fourth-order valence-electron chi connectivity index (χ4n) is 2.89. The molecule has 1 aliphatic rings. The Balaban J connectivity index is 1.68. The van der Waals surface area contributed by atoms with Gasteiger partial charge in [0.15, 0.2) is 12.4 Å². The summed E-state index contributed by atoms with van der Waals surface area (Å²) in [6.45, 7) is 3.56. The smallest absolute Gasteiger partial charge is 0.341 e. The Hall–Kier alpha value is -2.68. The van der Waals surface area contributed by atoms with Crippen molar-refractivity contribution in [2.24, 2.45) is 0 Å². The molecule has 1 N–H and O–H groups in total. The molecule has 1 fully saturated rings. The Bertz CT molecular complexity index is 1090. The largest absolute Gasteiger partial charge is 0.491 e. The van der Waals surface area contributed by atoms with E-state index >= 15 is 0 Å². The monoisotopic (exact) mass is 495 g/mol. The summed E-state index contributed by atoms with van der Waals surface area (Å²) in [6.07, 6.45) is 1.50. The SMILES string of the molecule is Cc1ccc(C)c(OCCN2C(=O)S/C(=C\c3cc(Cl)c(OCC(=O)O)c(Cl)c3)C2=O)c1. The highest BCUT2D eigenvalue weighted by molar-refractivity contribution is 8.18. The van der Waals surface area contributed by atoms with E-state index in [1.807, 2.05) is 32.0 Å². The molecule has 1 heterocycles. The fourth-order valence-corrected chi connectivity index (χ4v) is 4.37. The van der Waals surface area contributed by atoms with Crippen LogP contribution in [-0.4, -0.2) is 46.9 Å². The van der Waals surface area contributed by atoms with Gasteiger partial charge in [-0.3, -0.25) is 14.5 Å². The normalized spacial score (nSPS) is 14.9. The van der Waals surface area contributed by atoms with Crippen LogP contribution in [-0.2, 0) is 9.59 Å². The maximum Gasteiger partial charge on any atom is 0.341 e. The van der Waals surface area contributed by atoms with Gasteiger partial charge in [-0.1, -0.05) is 35.3 Å². The number of hydrogen-bond donors (Lipinski definition) is 1. The van der Waals surface area contributed by atoms with E-state index < -0.39 is 23.7 Å². The van der Waals surface area contributed by atoms with Crippen LogP contribution >= 0.6 is 35.0 Å². The topological polar surface area (TPSA) is 93.1 Å². The number of halogens is 2. The van der Waals surface area contributed by atoms with E-state index in [1.54, 1.807) is 0 Å². The molecule has 7 nitrogen and oxygen atoms in total. The minimum Gasteiger partial charge on any atom is -0.491 e. The number of carboxylic acids is 1. The summed E-state index contributed by atoms with van der Waals surface area (Å²) in [7, 11) is 0. The Morgan fingerprint density at radius 3 is 2.47 bits per heavy atom. The Labute approximate surface area is 198 Å². The molecule has 0 saturated carbocycles. The zero-order valence-electron chi connectivity index (χ0n) is 17.2. The summed E-state index contributed by atoms with van der Waals surface area (Å²) in [4.78, 5) is 37.0. The molecule has 0 radical (unpaired) electrons.